The Morgan fingerprint density at radius 2 is 1.71 bits per heavy atom. The third kappa shape index (κ3) is 1.84. The van der Waals surface area contributed by atoms with E-state index < -0.39 is 0 Å². The van der Waals surface area contributed by atoms with Crippen molar-refractivity contribution in [3.8, 4) is 0 Å². The first kappa shape index (κ1) is 10.1. The van der Waals surface area contributed by atoms with Crippen LogP contribution in [0, 0.1) is 0 Å². The van der Waals surface area contributed by atoms with E-state index in [4.69, 9.17) is 0 Å². The quantitative estimate of drug-likeness (QED) is 0.663. The molecule has 1 heterocycles. The second-order valence-electron chi connectivity index (χ2n) is 4.52. The van der Waals surface area contributed by atoms with Crippen LogP contribution in [0.3, 0.4) is 0 Å². The second-order valence-corrected chi connectivity index (χ2v) is 4.52. The van der Waals surface area contributed by atoms with Gasteiger partial charge in [-0.05, 0) is 12.8 Å². The first-order valence-corrected chi connectivity index (χ1v) is 5.79. The number of rotatable bonds is 2. The molecule has 0 spiro atoms. The Balaban J connectivity index is 2.04. The van der Waals surface area contributed by atoms with Crippen LogP contribution in [0.5, 0.6) is 0 Å². The van der Waals surface area contributed by atoms with Gasteiger partial charge in [0.2, 0.25) is 0 Å². The normalized spacial score (nSPS) is 28.6. The Kier molecular flexibility index (Phi) is 3.19. The SMILES string of the molecule is O=CC1(N2CCNCC2)CCCCC1. The van der Waals surface area contributed by atoms with Crippen LogP contribution >= 0.6 is 0 Å². The molecule has 2 aliphatic rings. The molecule has 14 heavy (non-hydrogen) atoms. The summed E-state index contributed by atoms with van der Waals surface area (Å²) in [5.41, 5.74) is -0.0969. The molecule has 2 fully saturated rings. The predicted molar refractivity (Wildman–Crippen MR) is 56.3 cm³/mol. The van der Waals surface area contributed by atoms with Crippen molar-refractivity contribution < 1.29 is 4.79 Å². The highest BCUT2D eigenvalue weighted by atomic mass is 16.1. The minimum Gasteiger partial charge on any atom is -0.314 e. The van der Waals surface area contributed by atoms with Gasteiger partial charge in [-0.2, -0.15) is 0 Å². The van der Waals surface area contributed by atoms with Crippen molar-refractivity contribution >= 4 is 6.29 Å². The van der Waals surface area contributed by atoms with Crippen molar-refractivity contribution in [3.05, 3.63) is 0 Å². The molecule has 0 amide bonds. The number of carbonyl (C=O) groups excluding carboxylic acids is 1. The van der Waals surface area contributed by atoms with E-state index >= 15 is 0 Å². The van der Waals surface area contributed by atoms with Crippen LogP contribution in [0.4, 0.5) is 0 Å². The maximum absolute atomic E-state index is 11.3. The minimum absolute atomic E-state index is 0.0969. The van der Waals surface area contributed by atoms with Gasteiger partial charge in [-0.1, -0.05) is 19.3 Å². The monoisotopic (exact) mass is 196 g/mol. The van der Waals surface area contributed by atoms with E-state index in [-0.39, 0.29) is 5.54 Å². The van der Waals surface area contributed by atoms with E-state index in [0.717, 1.165) is 39.0 Å². The molecule has 1 N–H and O–H groups in total. The number of piperazine rings is 1. The first-order valence-electron chi connectivity index (χ1n) is 5.79. The van der Waals surface area contributed by atoms with Gasteiger partial charge in [0.25, 0.3) is 0 Å². The first-order chi connectivity index (χ1) is 6.87. The molecule has 0 unspecified atom stereocenters. The number of hydrogen-bond donors (Lipinski definition) is 1. The fraction of sp³-hybridized carbons (Fsp3) is 0.909. The second kappa shape index (κ2) is 4.41. The highest BCUT2D eigenvalue weighted by molar-refractivity contribution is 5.64. The lowest BCUT2D eigenvalue weighted by Gasteiger charge is -2.44. The molecule has 3 nitrogen and oxygen atoms in total. The van der Waals surface area contributed by atoms with Gasteiger partial charge in [0, 0.05) is 26.2 Å². The summed E-state index contributed by atoms with van der Waals surface area (Å²) in [6, 6.07) is 0. The molecule has 1 aliphatic carbocycles. The Morgan fingerprint density at radius 3 is 2.29 bits per heavy atom. The number of aldehydes is 1. The van der Waals surface area contributed by atoms with Gasteiger partial charge < -0.3 is 10.1 Å². The summed E-state index contributed by atoms with van der Waals surface area (Å²) in [4.78, 5) is 13.7. The standard InChI is InChI=1S/C11H20N2O/c14-10-11(4-2-1-3-5-11)13-8-6-12-7-9-13/h10,12H,1-9H2. The molecule has 0 aromatic carbocycles. The van der Waals surface area contributed by atoms with Crippen molar-refractivity contribution in [2.75, 3.05) is 26.2 Å². The van der Waals surface area contributed by atoms with E-state index in [1.54, 1.807) is 0 Å². The molecule has 0 radical (unpaired) electrons. The van der Waals surface area contributed by atoms with Crippen molar-refractivity contribution in [2.45, 2.75) is 37.6 Å². The fourth-order valence-corrected chi connectivity index (χ4v) is 2.78. The summed E-state index contributed by atoms with van der Waals surface area (Å²) >= 11 is 0. The molecule has 0 bridgehead atoms. The molecular formula is C11H20N2O. The molecule has 1 saturated heterocycles. The van der Waals surface area contributed by atoms with Crippen molar-refractivity contribution in [1.82, 2.24) is 10.2 Å². The van der Waals surface area contributed by atoms with E-state index in [9.17, 15) is 4.79 Å². The lowest BCUT2D eigenvalue weighted by molar-refractivity contribution is -0.121. The number of hydrogen-bond acceptors (Lipinski definition) is 3. The summed E-state index contributed by atoms with van der Waals surface area (Å²) in [6.45, 7) is 4.16. The van der Waals surface area contributed by atoms with Crippen molar-refractivity contribution in [3.63, 3.8) is 0 Å². The van der Waals surface area contributed by atoms with Crippen LogP contribution in [0.15, 0.2) is 0 Å². The molecule has 0 atom stereocenters. The third-order valence-corrected chi connectivity index (χ3v) is 3.69. The number of nitrogens with zero attached hydrogens (tertiary/aromatic N) is 1. The Morgan fingerprint density at radius 1 is 1.07 bits per heavy atom. The average Bonchev–Trinajstić information content (AvgIpc) is 2.31. The summed E-state index contributed by atoms with van der Waals surface area (Å²) in [7, 11) is 0. The van der Waals surface area contributed by atoms with Gasteiger partial charge in [-0.15, -0.1) is 0 Å². The van der Waals surface area contributed by atoms with Gasteiger partial charge in [-0.3, -0.25) is 4.90 Å². The molecule has 2 rings (SSSR count). The molecule has 1 saturated carbocycles. The lowest BCUT2D eigenvalue weighted by Crippen LogP contribution is -2.57. The van der Waals surface area contributed by atoms with Gasteiger partial charge in [0.1, 0.15) is 6.29 Å². The topological polar surface area (TPSA) is 32.3 Å². The van der Waals surface area contributed by atoms with Crippen LogP contribution in [-0.4, -0.2) is 42.9 Å². The highest BCUT2D eigenvalue weighted by Gasteiger charge is 2.37. The number of carbonyl (C=O) groups is 1. The zero-order valence-corrected chi connectivity index (χ0v) is 8.80. The third-order valence-electron chi connectivity index (χ3n) is 3.69. The summed E-state index contributed by atoms with van der Waals surface area (Å²) < 4.78 is 0. The molecule has 0 aromatic rings. The van der Waals surface area contributed by atoms with Gasteiger partial charge in [0.05, 0.1) is 5.54 Å². The minimum atomic E-state index is -0.0969. The Bertz CT molecular complexity index is 193. The maximum atomic E-state index is 11.3. The average molecular weight is 196 g/mol. The molecule has 1 aliphatic heterocycles. The van der Waals surface area contributed by atoms with E-state index in [1.165, 1.54) is 25.5 Å². The molecular weight excluding hydrogens is 176 g/mol. The van der Waals surface area contributed by atoms with E-state index in [0.29, 0.717) is 0 Å². The molecule has 3 heteroatoms. The van der Waals surface area contributed by atoms with Crippen LogP contribution in [0.2, 0.25) is 0 Å². The fourth-order valence-electron chi connectivity index (χ4n) is 2.78. The predicted octanol–water partition coefficient (Wildman–Crippen LogP) is 0.793. The molecule has 0 aromatic heterocycles. The van der Waals surface area contributed by atoms with Gasteiger partial charge >= 0.3 is 0 Å². The van der Waals surface area contributed by atoms with Gasteiger partial charge in [0.15, 0.2) is 0 Å². The van der Waals surface area contributed by atoms with Crippen LogP contribution in [0.25, 0.3) is 0 Å². The zero-order valence-electron chi connectivity index (χ0n) is 8.80. The highest BCUT2D eigenvalue weighted by Crippen LogP contribution is 2.32. The Labute approximate surface area is 85.8 Å². The van der Waals surface area contributed by atoms with Crippen LogP contribution in [-0.2, 0) is 4.79 Å². The van der Waals surface area contributed by atoms with Crippen LogP contribution < -0.4 is 5.32 Å². The zero-order chi connectivity index (χ0) is 9.86. The Hall–Kier alpha value is -0.410. The summed E-state index contributed by atoms with van der Waals surface area (Å²) in [5, 5.41) is 3.34. The summed E-state index contributed by atoms with van der Waals surface area (Å²) in [6.07, 6.45) is 7.14. The van der Waals surface area contributed by atoms with E-state index in [1.807, 2.05) is 0 Å². The largest absolute Gasteiger partial charge is 0.314 e. The van der Waals surface area contributed by atoms with Crippen molar-refractivity contribution in [2.24, 2.45) is 0 Å². The summed E-state index contributed by atoms with van der Waals surface area (Å²) in [5.74, 6) is 0. The van der Waals surface area contributed by atoms with Crippen LogP contribution in [0.1, 0.15) is 32.1 Å². The lowest BCUT2D eigenvalue weighted by atomic mass is 9.81. The smallest absolute Gasteiger partial charge is 0.140 e. The van der Waals surface area contributed by atoms with Crippen molar-refractivity contribution in [1.29, 1.82) is 0 Å². The van der Waals surface area contributed by atoms with E-state index in [2.05, 4.69) is 10.2 Å². The number of nitrogens with one attached hydrogen (secondary N) is 1. The molecule has 80 valence electrons. The van der Waals surface area contributed by atoms with Gasteiger partial charge in [-0.25, -0.2) is 0 Å². The maximum Gasteiger partial charge on any atom is 0.140 e.